The number of piperidine rings is 1. The summed E-state index contributed by atoms with van der Waals surface area (Å²) in [5.74, 6) is 0.372. The molecule has 0 radical (unpaired) electrons. The number of rotatable bonds is 5. The summed E-state index contributed by atoms with van der Waals surface area (Å²) in [6.07, 6.45) is 2.92. The molecule has 1 fully saturated rings. The Balaban J connectivity index is 1.90. The predicted octanol–water partition coefficient (Wildman–Crippen LogP) is 1.75. The molecule has 1 aliphatic heterocycles. The fraction of sp³-hybridized carbons (Fsp3) is 0.600. The van der Waals surface area contributed by atoms with Crippen molar-refractivity contribution in [2.24, 2.45) is 11.7 Å². The molecule has 106 valence electrons. The van der Waals surface area contributed by atoms with Crippen molar-refractivity contribution in [1.82, 2.24) is 4.90 Å². The van der Waals surface area contributed by atoms with Gasteiger partial charge in [-0.05, 0) is 42.9 Å². The first-order chi connectivity index (χ1) is 9.17. The molecular weight excluding hydrogens is 243 g/mol. The smallest absolute Gasteiger partial charge is 0.123 e. The first-order valence-corrected chi connectivity index (χ1v) is 7.00. The van der Waals surface area contributed by atoms with Gasteiger partial charge in [-0.3, -0.25) is 4.90 Å². The lowest BCUT2D eigenvalue weighted by molar-refractivity contribution is 0.137. The number of nitrogens with zero attached hydrogens (tertiary/aromatic N) is 1. The molecule has 0 aromatic heterocycles. The van der Waals surface area contributed by atoms with E-state index in [-0.39, 0.29) is 18.5 Å². The highest BCUT2D eigenvalue weighted by Gasteiger charge is 2.24. The van der Waals surface area contributed by atoms with Gasteiger partial charge in [-0.2, -0.15) is 0 Å². The van der Waals surface area contributed by atoms with Crippen LogP contribution in [0.4, 0.5) is 4.39 Å². The molecule has 3 nitrogen and oxygen atoms in total. The van der Waals surface area contributed by atoms with E-state index in [0.717, 1.165) is 44.5 Å². The van der Waals surface area contributed by atoms with E-state index in [9.17, 15) is 4.39 Å². The van der Waals surface area contributed by atoms with Crippen LogP contribution in [0.15, 0.2) is 24.3 Å². The zero-order chi connectivity index (χ0) is 13.7. The first-order valence-electron chi connectivity index (χ1n) is 7.00. The molecule has 19 heavy (non-hydrogen) atoms. The molecule has 1 heterocycles. The van der Waals surface area contributed by atoms with E-state index in [1.807, 2.05) is 12.1 Å². The van der Waals surface area contributed by atoms with Gasteiger partial charge in [0, 0.05) is 32.3 Å². The van der Waals surface area contributed by atoms with Crippen LogP contribution in [0, 0.1) is 11.7 Å². The molecule has 1 aliphatic rings. The molecular formula is C15H23FN2O. The molecule has 0 spiro atoms. The topological polar surface area (TPSA) is 49.5 Å². The summed E-state index contributed by atoms with van der Waals surface area (Å²) in [4.78, 5) is 2.34. The van der Waals surface area contributed by atoms with Gasteiger partial charge in [-0.1, -0.05) is 12.1 Å². The minimum Gasteiger partial charge on any atom is -0.396 e. The molecule has 1 saturated heterocycles. The molecule has 2 atom stereocenters. The van der Waals surface area contributed by atoms with Crippen molar-refractivity contribution >= 4 is 0 Å². The Morgan fingerprint density at radius 2 is 2.00 bits per heavy atom. The van der Waals surface area contributed by atoms with Crippen LogP contribution >= 0.6 is 0 Å². The lowest BCUT2D eigenvalue weighted by Gasteiger charge is -2.36. The van der Waals surface area contributed by atoms with Crippen LogP contribution in [0.1, 0.15) is 24.8 Å². The van der Waals surface area contributed by atoms with Crippen molar-refractivity contribution in [3.05, 3.63) is 35.6 Å². The van der Waals surface area contributed by atoms with Crippen LogP contribution in [0.3, 0.4) is 0 Å². The van der Waals surface area contributed by atoms with E-state index in [1.165, 1.54) is 12.1 Å². The van der Waals surface area contributed by atoms with E-state index >= 15 is 0 Å². The lowest BCUT2D eigenvalue weighted by Crippen LogP contribution is -2.46. The summed E-state index contributed by atoms with van der Waals surface area (Å²) in [5.41, 5.74) is 7.22. The van der Waals surface area contributed by atoms with Crippen LogP contribution in [-0.2, 0) is 6.54 Å². The largest absolute Gasteiger partial charge is 0.396 e. The maximum atomic E-state index is 12.9. The van der Waals surface area contributed by atoms with Gasteiger partial charge in [0.1, 0.15) is 5.82 Å². The van der Waals surface area contributed by atoms with Crippen LogP contribution in [-0.4, -0.2) is 35.7 Å². The highest BCUT2D eigenvalue weighted by atomic mass is 19.1. The van der Waals surface area contributed by atoms with Gasteiger partial charge in [-0.25, -0.2) is 4.39 Å². The number of aliphatic hydroxyl groups excluding tert-OH is 1. The Morgan fingerprint density at radius 1 is 1.26 bits per heavy atom. The predicted molar refractivity (Wildman–Crippen MR) is 74.1 cm³/mol. The first kappa shape index (κ1) is 14.4. The quantitative estimate of drug-likeness (QED) is 0.853. The number of nitrogens with two attached hydrogens (primary N) is 1. The second-order valence-corrected chi connectivity index (χ2v) is 5.55. The summed E-state index contributed by atoms with van der Waals surface area (Å²) >= 11 is 0. The molecule has 2 unspecified atom stereocenters. The van der Waals surface area contributed by atoms with Crippen molar-refractivity contribution in [2.45, 2.75) is 31.8 Å². The third kappa shape index (κ3) is 4.56. The van der Waals surface area contributed by atoms with Crippen molar-refractivity contribution in [3.8, 4) is 0 Å². The Hall–Kier alpha value is -0.970. The van der Waals surface area contributed by atoms with Crippen LogP contribution in [0.5, 0.6) is 0 Å². The van der Waals surface area contributed by atoms with Crippen molar-refractivity contribution in [3.63, 3.8) is 0 Å². The number of likely N-dealkylation sites (tertiary alicyclic amines) is 1. The van der Waals surface area contributed by atoms with E-state index in [2.05, 4.69) is 4.90 Å². The standard InChI is InChI=1S/C15H23FN2O/c16-14-5-3-12(4-6-14)9-18-10-13(2-1-7-19)8-15(17)11-18/h3-6,13,15,19H,1-2,7-11,17H2. The Bertz CT molecular complexity index is 382. The Labute approximate surface area is 114 Å². The van der Waals surface area contributed by atoms with Crippen molar-refractivity contribution < 1.29 is 9.50 Å². The second-order valence-electron chi connectivity index (χ2n) is 5.55. The van der Waals surface area contributed by atoms with Gasteiger partial charge in [-0.15, -0.1) is 0 Å². The minimum absolute atomic E-state index is 0.195. The summed E-state index contributed by atoms with van der Waals surface area (Å²) in [7, 11) is 0. The summed E-state index contributed by atoms with van der Waals surface area (Å²) in [5, 5.41) is 8.91. The minimum atomic E-state index is -0.195. The molecule has 1 aromatic carbocycles. The van der Waals surface area contributed by atoms with E-state index < -0.39 is 0 Å². The Kier molecular flexibility index (Phi) is 5.31. The highest BCUT2D eigenvalue weighted by molar-refractivity contribution is 5.16. The van der Waals surface area contributed by atoms with Gasteiger partial charge >= 0.3 is 0 Å². The maximum absolute atomic E-state index is 12.9. The summed E-state index contributed by atoms with van der Waals surface area (Å²) in [6, 6.07) is 6.87. The van der Waals surface area contributed by atoms with E-state index in [4.69, 9.17) is 10.8 Å². The van der Waals surface area contributed by atoms with Gasteiger partial charge < -0.3 is 10.8 Å². The zero-order valence-corrected chi connectivity index (χ0v) is 11.3. The SMILES string of the molecule is NC1CC(CCCO)CN(Cc2ccc(F)cc2)C1. The third-order valence-electron chi connectivity index (χ3n) is 3.74. The highest BCUT2D eigenvalue weighted by Crippen LogP contribution is 2.22. The molecule has 0 saturated carbocycles. The summed E-state index contributed by atoms with van der Waals surface area (Å²) < 4.78 is 12.9. The molecule has 0 bridgehead atoms. The number of hydrogen-bond donors (Lipinski definition) is 2. The lowest BCUT2D eigenvalue weighted by atomic mass is 9.90. The van der Waals surface area contributed by atoms with E-state index in [0.29, 0.717) is 5.92 Å². The second kappa shape index (κ2) is 6.98. The van der Waals surface area contributed by atoms with Crippen molar-refractivity contribution in [1.29, 1.82) is 0 Å². The summed E-state index contributed by atoms with van der Waals surface area (Å²) in [6.45, 7) is 2.99. The normalized spacial score (nSPS) is 24.6. The number of hydrogen-bond acceptors (Lipinski definition) is 3. The fourth-order valence-electron chi connectivity index (χ4n) is 2.91. The Morgan fingerprint density at radius 3 is 2.68 bits per heavy atom. The molecule has 4 heteroatoms. The molecule has 1 aromatic rings. The molecule has 3 N–H and O–H groups in total. The van der Waals surface area contributed by atoms with Gasteiger partial charge in [0.15, 0.2) is 0 Å². The molecule has 2 rings (SSSR count). The monoisotopic (exact) mass is 266 g/mol. The zero-order valence-electron chi connectivity index (χ0n) is 11.3. The average molecular weight is 266 g/mol. The number of aliphatic hydroxyl groups is 1. The maximum Gasteiger partial charge on any atom is 0.123 e. The van der Waals surface area contributed by atoms with Crippen LogP contribution in [0.2, 0.25) is 0 Å². The third-order valence-corrected chi connectivity index (χ3v) is 3.74. The van der Waals surface area contributed by atoms with Crippen LogP contribution < -0.4 is 5.73 Å². The van der Waals surface area contributed by atoms with Crippen molar-refractivity contribution in [2.75, 3.05) is 19.7 Å². The van der Waals surface area contributed by atoms with Gasteiger partial charge in [0.2, 0.25) is 0 Å². The molecule has 0 aliphatic carbocycles. The molecule has 0 amide bonds. The van der Waals surface area contributed by atoms with Gasteiger partial charge in [0.25, 0.3) is 0 Å². The number of halogens is 1. The van der Waals surface area contributed by atoms with Crippen LogP contribution in [0.25, 0.3) is 0 Å². The van der Waals surface area contributed by atoms with E-state index in [1.54, 1.807) is 0 Å². The fourth-order valence-corrected chi connectivity index (χ4v) is 2.91. The average Bonchev–Trinajstić information content (AvgIpc) is 2.38. The number of benzene rings is 1. The van der Waals surface area contributed by atoms with Gasteiger partial charge in [0.05, 0.1) is 0 Å².